The minimum atomic E-state index is -1.01. The number of hydrogen-bond acceptors (Lipinski definition) is 7. The lowest BCUT2D eigenvalue weighted by molar-refractivity contribution is -0.287. The first-order chi connectivity index (χ1) is 10.4. The summed E-state index contributed by atoms with van der Waals surface area (Å²) in [7, 11) is 0. The number of hydrogen-bond donors (Lipinski definition) is 5. The van der Waals surface area contributed by atoms with E-state index in [-0.39, 0.29) is 24.7 Å². The van der Waals surface area contributed by atoms with Crippen LogP contribution < -0.4 is 0 Å². The summed E-state index contributed by atoms with van der Waals surface area (Å²) in [5, 5.41) is 47.9. The molecule has 1 aromatic carbocycles. The van der Waals surface area contributed by atoms with E-state index in [0.717, 1.165) is 0 Å². The predicted molar refractivity (Wildman–Crippen MR) is 76.4 cm³/mol. The molecule has 1 saturated heterocycles. The van der Waals surface area contributed by atoms with Crippen molar-refractivity contribution < 1.29 is 35.0 Å². The van der Waals surface area contributed by atoms with E-state index in [2.05, 4.69) is 0 Å². The molecule has 1 fully saturated rings. The van der Waals surface area contributed by atoms with Gasteiger partial charge in [-0.3, -0.25) is 0 Å². The van der Waals surface area contributed by atoms with Gasteiger partial charge in [-0.1, -0.05) is 13.0 Å². The second kappa shape index (κ2) is 7.26. The van der Waals surface area contributed by atoms with Crippen LogP contribution >= 0.6 is 0 Å². The van der Waals surface area contributed by atoms with Crippen molar-refractivity contribution in [3.05, 3.63) is 23.8 Å². The van der Waals surface area contributed by atoms with Gasteiger partial charge >= 0.3 is 0 Å². The van der Waals surface area contributed by atoms with Gasteiger partial charge < -0.3 is 35.0 Å². The molecule has 1 aliphatic heterocycles. The molecule has 0 radical (unpaired) electrons. The molecule has 0 aromatic heterocycles. The topological polar surface area (TPSA) is 120 Å². The van der Waals surface area contributed by atoms with Gasteiger partial charge in [-0.25, -0.2) is 0 Å². The quantitative estimate of drug-likeness (QED) is 0.507. The maximum Gasteiger partial charge on any atom is 0.184 e. The Balaban J connectivity index is 1.90. The van der Waals surface area contributed by atoms with E-state index < -0.39 is 30.5 Å². The van der Waals surface area contributed by atoms with Crippen LogP contribution in [0.2, 0.25) is 0 Å². The number of phenols is 2. The molecular weight excluding hydrogens is 292 g/mol. The van der Waals surface area contributed by atoms with E-state index >= 15 is 0 Å². The summed E-state index contributed by atoms with van der Waals surface area (Å²) in [6.45, 7) is 1.46. The third-order valence-electron chi connectivity index (χ3n) is 3.95. The maximum absolute atomic E-state index is 10.0. The lowest BCUT2D eigenvalue weighted by Crippen LogP contribution is -2.55. The fraction of sp³-hybridized carbons (Fsp3) is 0.600. The molecule has 5 N–H and O–H groups in total. The largest absolute Gasteiger partial charge is 0.508 e. The Bertz CT molecular complexity index is 491. The highest BCUT2D eigenvalue weighted by Crippen LogP contribution is 2.27. The number of phenolic OH excluding ortho intramolecular Hbond substituents is 2. The third kappa shape index (κ3) is 3.68. The van der Waals surface area contributed by atoms with Gasteiger partial charge in [0, 0.05) is 12.0 Å². The molecule has 2 rings (SSSR count). The maximum atomic E-state index is 10.0. The van der Waals surface area contributed by atoms with Crippen LogP contribution in [0.15, 0.2) is 18.2 Å². The zero-order valence-corrected chi connectivity index (χ0v) is 12.3. The molecule has 0 unspecified atom stereocenters. The molecule has 0 spiro atoms. The summed E-state index contributed by atoms with van der Waals surface area (Å²) in [5.41, 5.74) is 0.592. The van der Waals surface area contributed by atoms with Gasteiger partial charge in [-0.05, 0) is 18.1 Å². The Kier molecular flexibility index (Phi) is 5.60. The van der Waals surface area contributed by atoms with Crippen LogP contribution in [0.3, 0.4) is 0 Å². The lowest BCUT2D eigenvalue weighted by atomic mass is 9.91. The van der Waals surface area contributed by atoms with E-state index in [9.17, 15) is 25.5 Å². The van der Waals surface area contributed by atoms with Crippen LogP contribution in [-0.4, -0.2) is 63.3 Å². The number of benzene rings is 1. The van der Waals surface area contributed by atoms with E-state index in [4.69, 9.17) is 9.47 Å². The molecule has 7 nitrogen and oxygen atoms in total. The minimum absolute atomic E-state index is 0.0261. The van der Waals surface area contributed by atoms with Gasteiger partial charge in [0.25, 0.3) is 0 Å². The first kappa shape index (κ1) is 17.0. The summed E-state index contributed by atoms with van der Waals surface area (Å²) in [4.78, 5) is 0. The number of aliphatic hydroxyl groups excluding tert-OH is 3. The van der Waals surface area contributed by atoms with Crippen molar-refractivity contribution in [2.24, 2.45) is 5.92 Å². The van der Waals surface area contributed by atoms with Crippen molar-refractivity contribution in [1.82, 2.24) is 0 Å². The van der Waals surface area contributed by atoms with Gasteiger partial charge in [0.2, 0.25) is 0 Å². The lowest BCUT2D eigenvalue weighted by Gasteiger charge is -2.40. The number of ether oxygens (including phenoxy) is 2. The Morgan fingerprint density at radius 3 is 2.55 bits per heavy atom. The van der Waals surface area contributed by atoms with Crippen molar-refractivity contribution in [3.63, 3.8) is 0 Å². The zero-order chi connectivity index (χ0) is 16.3. The average Bonchev–Trinajstić information content (AvgIpc) is 2.49. The zero-order valence-electron chi connectivity index (χ0n) is 12.3. The van der Waals surface area contributed by atoms with Crippen LogP contribution in [0.5, 0.6) is 11.5 Å². The second-order valence-electron chi connectivity index (χ2n) is 5.50. The smallest absolute Gasteiger partial charge is 0.184 e. The Labute approximate surface area is 128 Å². The van der Waals surface area contributed by atoms with Crippen molar-refractivity contribution in [1.29, 1.82) is 0 Å². The average molecular weight is 314 g/mol. The molecule has 124 valence electrons. The molecule has 0 amide bonds. The fourth-order valence-electron chi connectivity index (χ4n) is 2.46. The van der Waals surface area contributed by atoms with E-state index in [0.29, 0.717) is 12.0 Å². The van der Waals surface area contributed by atoms with Gasteiger partial charge in [-0.2, -0.15) is 0 Å². The highest BCUT2D eigenvalue weighted by Gasteiger charge is 2.42. The third-order valence-corrected chi connectivity index (χ3v) is 3.95. The van der Waals surface area contributed by atoms with Crippen LogP contribution in [0, 0.1) is 5.92 Å². The monoisotopic (exact) mass is 314 g/mol. The molecule has 0 saturated carbocycles. The van der Waals surface area contributed by atoms with Gasteiger partial charge in [0.15, 0.2) is 6.29 Å². The molecule has 1 aromatic rings. The number of aliphatic hydroxyl groups is 3. The van der Waals surface area contributed by atoms with Gasteiger partial charge in [-0.15, -0.1) is 0 Å². The summed E-state index contributed by atoms with van der Waals surface area (Å²) < 4.78 is 10.8. The Morgan fingerprint density at radius 1 is 1.18 bits per heavy atom. The second-order valence-corrected chi connectivity index (χ2v) is 5.50. The molecule has 0 bridgehead atoms. The highest BCUT2D eigenvalue weighted by atomic mass is 16.7. The molecule has 1 aliphatic rings. The summed E-state index contributed by atoms with van der Waals surface area (Å²) in [5.74, 6) is -0.550. The van der Waals surface area contributed by atoms with Gasteiger partial charge in [0.05, 0.1) is 19.3 Å². The first-order valence-electron chi connectivity index (χ1n) is 7.19. The molecule has 7 heteroatoms. The van der Waals surface area contributed by atoms with Crippen molar-refractivity contribution in [2.45, 2.75) is 37.9 Å². The summed E-state index contributed by atoms with van der Waals surface area (Å²) >= 11 is 0. The van der Waals surface area contributed by atoms with Crippen molar-refractivity contribution >= 4 is 0 Å². The molecular formula is C15H22O7. The van der Waals surface area contributed by atoms with Crippen molar-refractivity contribution in [3.8, 4) is 11.5 Å². The SMILES string of the molecule is C[C@@H]1[C@@H](O)[C@H](OCCc2ccc(O)cc2O)O[C@H](CO)[C@H]1O. The standard InChI is InChI=1S/C15H22O7/c1-8-13(19)12(7-16)22-15(14(8)20)21-5-4-9-2-3-10(17)6-11(9)18/h2-3,6,8,12-20H,4-5,7H2,1H3/t8-,12+,13-,14+,15+/m0/s1. The first-order valence-corrected chi connectivity index (χ1v) is 7.19. The summed E-state index contributed by atoms with van der Waals surface area (Å²) in [6.07, 6.45) is -3.35. The Morgan fingerprint density at radius 2 is 1.91 bits per heavy atom. The minimum Gasteiger partial charge on any atom is -0.508 e. The number of aromatic hydroxyl groups is 2. The van der Waals surface area contributed by atoms with Crippen LogP contribution in [0.4, 0.5) is 0 Å². The van der Waals surface area contributed by atoms with E-state index in [1.54, 1.807) is 13.0 Å². The van der Waals surface area contributed by atoms with Crippen LogP contribution in [-0.2, 0) is 15.9 Å². The number of rotatable bonds is 5. The molecule has 22 heavy (non-hydrogen) atoms. The van der Waals surface area contributed by atoms with Crippen LogP contribution in [0.25, 0.3) is 0 Å². The molecule has 1 heterocycles. The van der Waals surface area contributed by atoms with Crippen LogP contribution in [0.1, 0.15) is 12.5 Å². The molecule has 5 atom stereocenters. The van der Waals surface area contributed by atoms with Gasteiger partial charge in [0.1, 0.15) is 23.7 Å². The predicted octanol–water partition coefficient (Wildman–Crippen LogP) is -0.268. The van der Waals surface area contributed by atoms with E-state index in [1.807, 2.05) is 0 Å². The normalized spacial score (nSPS) is 32.1. The summed E-state index contributed by atoms with van der Waals surface area (Å²) in [6, 6.07) is 4.28. The fourth-order valence-corrected chi connectivity index (χ4v) is 2.46. The Hall–Kier alpha value is -1.38. The van der Waals surface area contributed by atoms with Crippen molar-refractivity contribution in [2.75, 3.05) is 13.2 Å². The highest BCUT2D eigenvalue weighted by molar-refractivity contribution is 5.38. The molecule has 0 aliphatic carbocycles. The van der Waals surface area contributed by atoms with E-state index in [1.165, 1.54) is 12.1 Å².